The number of hydrogen-bond acceptors (Lipinski definition) is 2. The molecule has 1 amide bonds. The van der Waals surface area contributed by atoms with Crippen LogP contribution in [0.25, 0.3) is 0 Å². The maximum absolute atomic E-state index is 11.9. The average Bonchev–Trinajstić information content (AvgIpc) is 2.69. The van der Waals surface area contributed by atoms with Gasteiger partial charge in [0.05, 0.1) is 18.4 Å². The van der Waals surface area contributed by atoms with Crippen molar-refractivity contribution in [2.24, 2.45) is 17.8 Å². The lowest BCUT2D eigenvalue weighted by atomic mass is 9.95. The molecule has 1 rings (SSSR count). The van der Waals surface area contributed by atoms with Gasteiger partial charge in [-0.05, 0) is 18.8 Å². The van der Waals surface area contributed by atoms with Crippen molar-refractivity contribution in [3.05, 3.63) is 11.6 Å². The molecule has 0 bridgehead atoms. The Morgan fingerprint density at radius 1 is 1.41 bits per heavy atom. The first-order chi connectivity index (χ1) is 7.95. The molecule has 0 radical (unpaired) electrons. The molecule has 0 aromatic rings. The van der Waals surface area contributed by atoms with Crippen LogP contribution in [0, 0.1) is 17.8 Å². The summed E-state index contributed by atoms with van der Waals surface area (Å²) in [6.45, 7) is 5.69. The largest absolute Gasteiger partial charge is 0.481 e. The van der Waals surface area contributed by atoms with Crippen LogP contribution in [0.5, 0.6) is 0 Å². The zero-order chi connectivity index (χ0) is 13.0. The third-order valence-corrected chi connectivity index (χ3v) is 3.48. The lowest BCUT2D eigenvalue weighted by molar-refractivity contribution is -0.146. The minimum absolute atomic E-state index is 0.194. The van der Waals surface area contributed by atoms with Gasteiger partial charge in [-0.1, -0.05) is 31.5 Å². The highest BCUT2D eigenvalue weighted by Crippen LogP contribution is 2.38. The highest BCUT2D eigenvalue weighted by molar-refractivity contribution is 6.29. The van der Waals surface area contributed by atoms with Crippen LogP contribution in [0.1, 0.15) is 26.2 Å². The van der Waals surface area contributed by atoms with E-state index in [1.807, 2.05) is 6.92 Å². The zero-order valence-corrected chi connectivity index (χ0v) is 10.7. The number of nitrogens with one attached hydrogen (secondary N) is 1. The van der Waals surface area contributed by atoms with Crippen LogP contribution < -0.4 is 5.32 Å². The molecule has 5 heteroatoms. The van der Waals surface area contributed by atoms with Crippen molar-refractivity contribution in [1.82, 2.24) is 5.32 Å². The molecule has 0 aliphatic heterocycles. The second-order valence-electron chi connectivity index (χ2n) is 4.53. The van der Waals surface area contributed by atoms with Crippen molar-refractivity contribution < 1.29 is 14.7 Å². The fourth-order valence-corrected chi connectivity index (χ4v) is 2.42. The molecule has 1 saturated carbocycles. The second-order valence-corrected chi connectivity index (χ2v) is 5.07. The number of carboxylic acids is 1. The molecule has 3 atom stereocenters. The maximum Gasteiger partial charge on any atom is 0.307 e. The summed E-state index contributed by atoms with van der Waals surface area (Å²) in [4.78, 5) is 22.9. The van der Waals surface area contributed by atoms with Crippen LogP contribution >= 0.6 is 11.6 Å². The number of hydrogen-bond donors (Lipinski definition) is 2. The van der Waals surface area contributed by atoms with E-state index in [9.17, 15) is 9.59 Å². The highest BCUT2D eigenvalue weighted by Gasteiger charge is 2.41. The summed E-state index contributed by atoms with van der Waals surface area (Å²) in [6.07, 6.45) is 2.15. The van der Waals surface area contributed by atoms with Crippen molar-refractivity contribution in [2.75, 3.05) is 6.54 Å². The summed E-state index contributed by atoms with van der Waals surface area (Å²) in [6, 6.07) is 0. The summed E-state index contributed by atoms with van der Waals surface area (Å²) < 4.78 is 0. The van der Waals surface area contributed by atoms with E-state index in [-0.39, 0.29) is 12.5 Å². The van der Waals surface area contributed by atoms with E-state index in [2.05, 4.69) is 11.9 Å². The molecular weight excluding hydrogens is 242 g/mol. The Morgan fingerprint density at radius 2 is 2.00 bits per heavy atom. The predicted octanol–water partition coefficient (Wildman–Crippen LogP) is 1.99. The predicted molar refractivity (Wildman–Crippen MR) is 65.6 cm³/mol. The quantitative estimate of drug-likeness (QED) is 0.794. The standard InChI is InChI=1S/C12H18ClNO3/c1-3-8-4-9(10(5-8)12(16)17)11(15)14-6-7(2)13/h8-10H,2-6H2,1H3,(H,14,15)(H,16,17)/t8?,9-,10+/m0/s1. The minimum atomic E-state index is -0.884. The summed E-state index contributed by atoms with van der Waals surface area (Å²) in [5, 5.41) is 12.1. The van der Waals surface area contributed by atoms with Crippen LogP contribution in [-0.2, 0) is 9.59 Å². The lowest BCUT2D eigenvalue weighted by Gasteiger charge is -2.15. The molecule has 1 aliphatic rings. The van der Waals surface area contributed by atoms with Gasteiger partial charge in [-0.2, -0.15) is 0 Å². The minimum Gasteiger partial charge on any atom is -0.481 e. The van der Waals surface area contributed by atoms with E-state index < -0.39 is 17.8 Å². The fraction of sp³-hybridized carbons (Fsp3) is 0.667. The number of carboxylic acid groups (broad SMARTS) is 1. The molecule has 17 heavy (non-hydrogen) atoms. The van der Waals surface area contributed by atoms with E-state index in [1.165, 1.54) is 0 Å². The van der Waals surface area contributed by atoms with E-state index in [0.29, 0.717) is 23.8 Å². The third-order valence-electron chi connectivity index (χ3n) is 3.35. The third kappa shape index (κ3) is 3.73. The van der Waals surface area contributed by atoms with Gasteiger partial charge in [0.2, 0.25) is 5.91 Å². The number of carbonyl (C=O) groups excluding carboxylic acids is 1. The van der Waals surface area contributed by atoms with Gasteiger partial charge in [0.25, 0.3) is 0 Å². The van der Waals surface area contributed by atoms with E-state index in [0.717, 1.165) is 6.42 Å². The molecule has 0 aromatic heterocycles. The van der Waals surface area contributed by atoms with Gasteiger partial charge in [-0.25, -0.2) is 0 Å². The average molecular weight is 260 g/mol. The Balaban J connectivity index is 2.63. The Hall–Kier alpha value is -1.03. The summed E-state index contributed by atoms with van der Waals surface area (Å²) >= 11 is 5.56. The summed E-state index contributed by atoms with van der Waals surface area (Å²) in [7, 11) is 0. The molecule has 1 unspecified atom stereocenters. The van der Waals surface area contributed by atoms with Crippen LogP contribution in [0.2, 0.25) is 0 Å². The van der Waals surface area contributed by atoms with Crippen molar-refractivity contribution in [3.63, 3.8) is 0 Å². The van der Waals surface area contributed by atoms with Crippen molar-refractivity contribution in [3.8, 4) is 0 Å². The van der Waals surface area contributed by atoms with Gasteiger partial charge in [0.1, 0.15) is 0 Å². The topological polar surface area (TPSA) is 66.4 Å². The van der Waals surface area contributed by atoms with Gasteiger partial charge in [-0.15, -0.1) is 0 Å². The first-order valence-electron chi connectivity index (χ1n) is 5.79. The molecule has 2 N–H and O–H groups in total. The molecule has 1 aliphatic carbocycles. The Morgan fingerprint density at radius 3 is 2.47 bits per heavy atom. The van der Waals surface area contributed by atoms with Crippen LogP contribution in [0.3, 0.4) is 0 Å². The molecule has 1 fully saturated rings. The van der Waals surface area contributed by atoms with Gasteiger partial charge in [0, 0.05) is 5.03 Å². The van der Waals surface area contributed by atoms with Gasteiger partial charge >= 0.3 is 5.97 Å². The van der Waals surface area contributed by atoms with Gasteiger partial charge < -0.3 is 10.4 Å². The van der Waals surface area contributed by atoms with Crippen molar-refractivity contribution in [1.29, 1.82) is 0 Å². The van der Waals surface area contributed by atoms with Crippen LogP contribution in [-0.4, -0.2) is 23.5 Å². The molecule has 0 aromatic carbocycles. The number of amides is 1. The van der Waals surface area contributed by atoms with E-state index >= 15 is 0 Å². The van der Waals surface area contributed by atoms with E-state index in [1.54, 1.807) is 0 Å². The summed E-state index contributed by atoms with van der Waals surface area (Å²) in [5.74, 6) is -1.79. The maximum atomic E-state index is 11.9. The van der Waals surface area contributed by atoms with Crippen LogP contribution in [0.15, 0.2) is 11.6 Å². The molecule has 0 saturated heterocycles. The molecule has 96 valence electrons. The first-order valence-corrected chi connectivity index (χ1v) is 6.17. The number of aliphatic carboxylic acids is 1. The van der Waals surface area contributed by atoms with Gasteiger partial charge in [-0.3, -0.25) is 9.59 Å². The van der Waals surface area contributed by atoms with Gasteiger partial charge in [0.15, 0.2) is 0 Å². The Labute approximate surface area is 106 Å². The smallest absolute Gasteiger partial charge is 0.307 e. The molecule has 4 nitrogen and oxygen atoms in total. The van der Waals surface area contributed by atoms with Crippen molar-refractivity contribution in [2.45, 2.75) is 26.2 Å². The van der Waals surface area contributed by atoms with Crippen molar-refractivity contribution >= 4 is 23.5 Å². The second kappa shape index (κ2) is 6.05. The zero-order valence-electron chi connectivity index (χ0n) is 9.91. The molecule has 0 spiro atoms. The Bertz CT molecular complexity index is 330. The number of carbonyl (C=O) groups is 2. The monoisotopic (exact) mass is 259 g/mol. The molecular formula is C12H18ClNO3. The SMILES string of the molecule is C=C(Cl)CNC(=O)[C@H]1CC(CC)C[C@H]1C(=O)O. The number of halogens is 1. The Kier molecular flexibility index (Phi) is 5.00. The number of rotatable bonds is 5. The first kappa shape index (κ1) is 14.0. The molecule has 0 heterocycles. The van der Waals surface area contributed by atoms with Crippen LogP contribution in [0.4, 0.5) is 0 Å². The summed E-state index contributed by atoms with van der Waals surface area (Å²) in [5.41, 5.74) is 0. The normalized spacial score (nSPS) is 27.8. The fourth-order valence-electron chi connectivity index (χ4n) is 2.35. The van der Waals surface area contributed by atoms with E-state index in [4.69, 9.17) is 16.7 Å². The highest BCUT2D eigenvalue weighted by atomic mass is 35.5. The lowest BCUT2D eigenvalue weighted by Crippen LogP contribution is -2.35.